The minimum absolute atomic E-state index is 0.00926. The molecule has 0 saturated carbocycles. The molecule has 1 aromatic carbocycles. The fourth-order valence-corrected chi connectivity index (χ4v) is 2.10. The molecule has 0 amide bonds. The molecular formula is C11H10Br2N2O. The second-order valence-corrected chi connectivity index (χ2v) is 6.66. The van der Waals surface area contributed by atoms with Crippen molar-refractivity contribution in [1.29, 1.82) is 0 Å². The molecule has 1 aromatic heterocycles. The van der Waals surface area contributed by atoms with Gasteiger partial charge in [-0.25, -0.2) is 4.98 Å². The average molecular weight is 346 g/mol. The number of aromatic nitrogens is 2. The smallest absolute Gasteiger partial charge is 0.261 e. The van der Waals surface area contributed by atoms with E-state index in [9.17, 15) is 4.79 Å². The van der Waals surface area contributed by atoms with Gasteiger partial charge in [0.25, 0.3) is 5.56 Å². The van der Waals surface area contributed by atoms with E-state index in [0.29, 0.717) is 5.39 Å². The van der Waals surface area contributed by atoms with Crippen LogP contribution in [0.1, 0.15) is 15.1 Å². The Morgan fingerprint density at radius 3 is 2.69 bits per heavy atom. The molecule has 0 fully saturated rings. The van der Waals surface area contributed by atoms with Gasteiger partial charge in [-0.15, -0.1) is 0 Å². The van der Waals surface area contributed by atoms with Gasteiger partial charge in [0, 0.05) is 7.05 Å². The molecule has 0 atom stereocenters. The van der Waals surface area contributed by atoms with E-state index < -0.39 is 0 Å². The summed E-state index contributed by atoms with van der Waals surface area (Å²) in [5.41, 5.74) is 1.74. The maximum atomic E-state index is 12.0. The van der Waals surface area contributed by atoms with E-state index in [1.165, 1.54) is 0 Å². The van der Waals surface area contributed by atoms with Crippen LogP contribution in [-0.4, -0.2) is 9.55 Å². The van der Waals surface area contributed by atoms with Crippen molar-refractivity contribution in [3.8, 4) is 0 Å². The summed E-state index contributed by atoms with van der Waals surface area (Å²) in [6, 6.07) is 5.68. The predicted molar refractivity (Wildman–Crippen MR) is 72.3 cm³/mol. The van der Waals surface area contributed by atoms with E-state index in [1.807, 2.05) is 25.1 Å². The van der Waals surface area contributed by atoms with Crippen LogP contribution in [0.2, 0.25) is 0 Å². The quantitative estimate of drug-likeness (QED) is 0.744. The summed E-state index contributed by atoms with van der Waals surface area (Å²) in [5, 5.41) is 0.648. The summed E-state index contributed by atoms with van der Waals surface area (Å²) in [6.45, 7) is 1.83. The molecule has 2 rings (SSSR count). The highest BCUT2D eigenvalue weighted by Crippen LogP contribution is 2.30. The molecule has 0 N–H and O–H groups in total. The van der Waals surface area contributed by atoms with Crippen molar-refractivity contribution in [1.82, 2.24) is 9.55 Å². The molecule has 0 aliphatic rings. The molecule has 0 unspecified atom stereocenters. The third kappa shape index (κ3) is 1.94. The Hall–Kier alpha value is -0.680. The number of rotatable bonds is 1. The Labute approximate surface area is 110 Å². The van der Waals surface area contributed by atoms with Gasteiger partial charge < -0.3 is 0 Å². The van der Waals surface area contributed by atoms with Crippen LogP contribution in [0.4, 0.5) is 0 Å². The summed E-state index contributed by atoms with van der Waals surface area (Å²) in [5.74, 6) is 0.722. The standard InChI is InChI=1S/C11H10Br2N2O/c1-6-14-9-4-3-7(10(12)13)5-8(9)11(16)15(6)2/h3-5,10H,1-2H3. The van der Waals surface area contributed by atoms with Crippen LogP contribution in [0, 0.1) is 6.92 Å². The number of alkyl halides is 2. The van der Waals surface area contributed by atoms with Gasteiger partial charge in [0.05, 0.1) is 14.6 Å². The highest BCUT2D eigenvalue weighted by molar-refractivity contribution is 9.24. The van der Waals surface area contributed by atoms with E-state index in [0.717, 1.165) is 16.9 Å². The minimum Gasteiger partial charge on any atom is -0.299 e. The van der Waals surface area contributed by atoms with Crippen molar-refractivity contribution in [2.75, 3.05) is 0 Å². The maximum absolute atomic E-state index is 12.0. The van der Waals surface area contributed by atoms with Crippen LogP contribution in [-0.2, 0) is 7.05 Å². The van der Waals surface area contributed by atoms with Crippen molar-refractivity contribution >= 4 is 42.8 Å². The second-order valence-electron chi connectivity index (χ2n) is 3.60. The maximum Gasteiger partial charge on any atom is 0.261 e. The molecule has 1 heterocycles. The normalized spacial score (nSPS) is 11.3. The average Bonchev–Trinajstić information content (AvgIpc) is 2.25. The Kier molecular flexibility index (Phi) is 3.17. The summed E-state index contributed by atoms with van der Waals surface area (Å²) < 4.78 is 1.61. The first kappa shape index (κ1) is 11.8. The molecule has 0 spiro atoms. The molecule has 16 heavy (non-hydrogen) atoms. The van der Waals surface area contributed by atoms with Crippen molar-refractivity contribution in [2.24, 2.45) is 7.05 Å². The highest BCUT2D eigenvalue weighted by atomic mass is 79.9. The molecule has 84 valence electrons. The molecular weight excluding hydrogens is 336 g/mol. The lowest BCUT2D eigenvalue weighted by atomic mass is 10.1. The van der Waals surface area contributed by atoms with Crippen molar-refractivity contribution in [3.05, 3.63) is 39.9 Å². The van der Waals surface area contributed by atoms with Crippen LogP contribution in [0.3, 0.4) is 0 Å². The largest absolute Gasteiger partial charge is 0.299 e. The molecule has 5 heteroatoms. The number of hydrogen-bond donors (Lipinski definition) is 0. The molecule has 3 nitrogen and oxygen atoms in total. The minimum atomic E-state index is -0.00926. The van der Waals surface area contributed by atoms with Crippen LogP contribution in [0.15, 0.2) is 23.0 Å². The van der Waals surface area contributed by atoms with Gasteiger partial charge in [0.1, 0.15) is 5.82 Å². The summed E-state index contributed by atoms with van der Waals surface area (Å²) in [4.78, 5) is 16.4. The molecule has 0 aliphatic heterocycles. The first-order valence-corrected chi connectivity index (χ1v) is 6.59. The monoisotopic (exact) mass is 344 g/mol. The predicted octanol–water partition coefficient (Wildman–Crippen LogP) is 3.03. The highest BCUT2D eigenvalue weighted by Gasteiger charge is 2.08. The first-order valence-electron chi connectivity index (χ1n) is 4.76. The SMILES string of the molecule is Cc1nc2ccc(C(Br)Br)cc2c(=O)n1C. The first-order chi connectivity index (χ1) is 7.50. The number of nitrogens with zero attached hydrogens (tertiary/aromatic N) is 2. The van der Waals surface area contributed by atoms with Gasteiger partial charge in [-0.1, -0.05) is 37.9 Å². The van der Waals surface area contributed by atoms with Crippen molar-refractivity contribution in [3.63, 3.8) is 0 Å². The van der Waals surface area contributed by atoms with Crippen molar-refractivity contribution < 1.29 is 0 Å². The van der Waals surface area contributed by atoms with E-state index in [2.05, 4.69) is 36.8 Å². The second kappa shape index (κ2) is 4.30. The molecule has 0 aliphatic carbocycles. The summed E-state index contributed by atoms with van der Waals surface area (Å²) in [7, 11) is 1.73. The number of aryl methyl sites for hydroxylation is 1. The van der Waals surface area contributed by atoms with E-state index in [4.69, 9.17) is 0 Å². The van der Waals surface area contributed by atoms with Gasteiger partial charge in [-0.2, -0.15) is 0 Å². The zero-order chi connectivity index (χ0) is 11.9. The number of fused-ring (bicyclic) bond motifs is 1. The van der Waals surface area contributed by atoms with E-state index in [1.54, 1.807) is 11.6 Å². The van der Waals surface area contributed by atoms with Crippen LogP contribution >= 0.6 is 31.9 Å². The number of hydrogen-bond acceptors (Lipinski definition) is 2. The molecule has 0 radical (unpaired) electrons. The number of benzene rings is 1. The Morgan fingerprint density at radius 1 is 1.38 bits per heavy atom. The Bertz CT molecular complexity index is 605. The zero-order valence-corrected chi connectivity index (χ0v) is 12.0. The zero-order valence-electron chi connectivity index (χ0n) is 8.87. The topological polar surface area (TPSA) is 34.9 Å². The lowest BCUT2D eigenvalue weighted by Gasteiger charge is -2.07. The lowest BCUT2D eigenvalue weighted by Crippen LogP contribution is -2.20. The third-order valence-corrected chi connectivity index (χ3v) is 3.63. The van der Waals surface area contributed by atoms with Gasteiger partial charge in [-0.05, 0) is 24.6 Å². The lowest BCUT2D eigenvalue weighted by molar-refractivity contribution is 0.792. The Morgan fingerprint density at radius 2 is 2.06 bits per heavy atom. The van der Waals surface area contributed by atoms with Crippen LogP contribution in [0.25, 0.3) is 10.9 Å². The van der Waals surface area contributed by atoms with Gasteiger partial charge in [0.2, 0.25) is 0 Å². The fourth-order valence-electron chi connectivity index (χ4n) is 1.54. The van der Waals surface area contributed by atoms with E-state index in [-0.39, 0.29) is 9.30 Å². The molecule has 0 saturated heterocycles. The van der Waals surface area contributed by atoms with E-state index >= 15 is 0 Å². The Balaban J connectivity index is 2.83. The van der Waals surface area contributed by atoms with Crippen LogP contribution in [0.5, 0.6) is 0 Å². The molecule has 0 bridgehead atoms. The summed E-state index contributed by atoms with van der Waals surface area (Å²) >= 11 is 6.83. The summed E-state index contributed by atoms with van der Waals surface area (Å²) in [6.07, 6.45) is 0. The van der Waals surface area contributed by atoms with Gasteiger partial charge >= 0.3 is 0 Å². The fraction of sp³-hybridized carbons (Fsp3) is 0.273. The third-order valence-electron chi connectivity index (χ3n) is 2.58. The van der Waals surface area contributed by atoms with Gasteiger partial charge in [-0.3, -0.25) is 9.36 Å². The van der Waals surface area contributed by atoms with Crippen LogP contribution < -0.4 is 5.56 Å². The molecule has 2 aromatic rings. The van der Waals surface area contributed by atoms with Crippen molar-refractivity contribution in [2.45, 2.75) is 10.7 Å². The van der Waals surface area contributed by atoms with Gasteiger partial charge in [0.15, 0.2) is 0 Å². The number of halogens is 2.